The van der Waals surface area contributed by atoms with Gasteiger partial charge in [-0.1, -0.05) is 23.2 Å². The van der Waals surface area contributed by atoms with Gasteiger partial charge in [0.15, 0.2) is 0 Å². The summed E-state index contributed by atoms with van der Waals surface area (Å²) in [4.78, 5) is 8.81. The molecule has 0 saturated heterocycles. The maximum absolute atomic E-state index is 6.16. The van der Waals surface area contributed by atoms with Crippen molar-refractivity contribution in [3.63, 3.8) is 0 Å². The lowest BCUT2D eigenvalue weighted by atomic mass is 10.2. The average Bonchev–Trinajstić information content (AvgIpc) is 3.23. The Hall–Kier alpha value is -1.32. The molecule has 1 heterocycles. The third kappa shape index (κ3) is 2.74. The molecule has 0 spiro atoms. The lowest BCUT2D eigenvalue weighted by molar-refractivity contribution is 0.454. The Kier molecular flexibility index (Phi) is 3.57. The fourth-order valence-corrected chi connectivity index (χ4v) is 2.19. The maximum Gasteiger partial charge on any atom is 0.226 e. The van der Waals surface area contributed by atoms with Crippen molar-refractivity contribution in [3.8, 4) is 11.6 Å². The minimum atomic E-state index is 0.433. The van der Waals surface area contributed by atoms with Crippen molar-refractivity contribution in [1.29, 1.82) is 0 Å². The zero-order chi connectivity index (χ0) is 14.3. The maximum atomic E-state index is 6.16. The highest BCUT2D eigenvalue weighted by Crippen LogP contribution is 2.40. The Morgan fingerprint density at radius 3 is 2.55 bits per heavy atom. The van der Waals surface area contributed by atoms with Crippen molar-refractivity contribution in [3.05, 3.63) is 45.3 Å². The SMILES string of the molecule is Cc1cc(Oc2nc(C3CC3)nc(Cl)c2C)ccc1Cl. The van der Waals surface area contributed by atoms with Crippen LogP contribution in [0.2, 0.25) is 10.2 Å². The fraction of sp³-hybridized carbons (Fsp3) is 0.333. The Balaban J connectivity index is 1.94. The van der Waals surface area contributed by atoms with Gasteiger partial charge in [-0.2, -0.15) is 4.98 Å². The first-order valence-electron chi connectivity index (χ1n) is 6.52. The molecular formula is C15H14Cl2N2O. The molecule has 3 nitrogen and oxygen atoms in total. The first-order chi connectivity index (χ1) is 9.54. The molecule has 1 aliphatic carbocycles. The normalized spacial score (nSPS) is 14.4. The van der Waals surface area contributed by atoms with Gasteiger partial charge in [0, 0.05) is 16.5 Å². The molecule has 0 amide bonds. The van der Waals surface area contributed by atoms with Gasteiger partial charge in [-0.25, -0.2) is 4.98 Å². The molecule has 0 radical (unpaired) electrons. The van der Waals surface area contributed by atoms with E-state index in [0.29, 0.717) is 27.7 Å². The van der Waals surface area contributed by atoms with E-state index in [2.05, 4.69) is 9.97 Å². The summed E-state index contributed by atoms with van der Waals surface area (Å²) in [6.07, 6.45) is 2.25. The van der Waals surface area contributed by atoms with E-state index < -0.39 is 0 Å². The molecule has 5 heteroatoms. The number of nitrogens with zero attached hydrogens (tertiary/aromatic N) is 2. The quantitative estimate of drug-likeness (QED) is 0.742. The van der Waals surface area contributed by atoms with Gasteiger partial charge in [0.1, 0.15) is 16.7 Å². The van der Waals surface area contributed by atoms with E-state index in [1.807, 2.05) is 32.0 Å². The highest BCUT2D eigenvalue weighted by molar-refractivity contribution is 6.31. The van der Waals surface area contributed by atoms with Crippen molar-refractivity contribution < 1.29 is 4.74 Å². The van der Waals surface area contributed by atoms with Crippen LogP contribution in [0.15, 0.2) is 18.2 Å². The Labute approximate surface area is 127 Å². The third-order valence-corrected chi connectivity index (χ3v) is 4.14. The molecule has 1 aliphatic rings. The molecule has 0 atom stereocenters. The molecule has 0 aliphatic heterocycles. The topological polar surface area (TPSA) is 35.0 Å². The van der Waals surface area contributed by atoms with Crippen LogP contribution in [-0.4, -0.2) is 9.97 Å². The van der Waals surface area contributed by atoms with Crippen LogP contribution in [0.1, 0.15) is 35.7 Å². The first kappa shape index (κ1) is 13.7. The number of halogens is 2. The van der Waals surface area contributed by atoms with Gasteiger partial charge in [-0.05, 0) is 50.5 Å². The molecule has 0 bridgehead atoms. The second-order valence-corrected chi connectivity index (χ2v) is 5.86. The fourth-order valence-electron chi connectivity index (χ4n) is 1.90. The first-order valence-corrected chi connectivity index (χ1v) is 7.28. The molecule has 1 aromatic heterocycles. The summed E-state index contributed by atoms with van der Waals surface area (Å²) in [6.45, 7) is 3.79. The Morgan fingerprint density at radius 2 is 1.90 bits per heavy atom. The van der Waals surface area contributed by atoms with Crippen LogP contribution in [0.3, 0.4) is 0 Å². The van der Waals surface area contributed by atoms with Crippen LogP contribution < -0.4 is 4.74 Å². The molecule has 20 heavy (non-hydrogen) atoms. The van der Waals surface area contributed by atoms with E-state index in [1.165, 1.54) is 0 Å². The number of aryl methyl sites for hydroxylation is 1. The Morgan fingerprint density at radius 1 is 1.15 bits per heavy atom. The molecule has 1 fully saturated rings. The van der Waals surface area contributed by atoms with Gasteiger partial charge in [0.2, 0.25) is 5.88 Å². The zero-order valence-corrected chi connectivity index (χ0v) is 12.8. The van der Waals surface area contributed by atoms with Gasteiger partial charge < -0.3 is 4.74 Å². The van der Waals surface area contributed by atoms with Gasteiger partial charge in [0.25, 0.3) is 0 Å². The summed E-state index contributed by atoms with van der Waals surface area (Å²) in [5.74, 6) is 2.43. The number of hydrogen-bond acceptors (Lipinski definition) is 3. The lowest BCUT2D eigenvalue weighted by Gasteiger charge is -2.11. The number of ether oxygens (including phenoxy) is 1. The average molecular weight is 309 g/mol. The summed E-state index contributed by atoms with van der Waals surface area (Å²) >= 11 is 12.2. The summed E-state index contributed by atoms with van der Waals surface area (Å²) in [5.41, 5.74) is 1.72. The molecule has 1 saturated carbocycles. The number of benzene rings is 1. The summed E-state index contributed by atoms with van der Waals surface area (Å²) < 4.78 is 5.85. The zero-order valence-electron chi connectivity index (χ0n) is 11.3. The van der Waals surface area contributed by atoms with Gasteiger partial charge in [-0.15, -0.1) is 0 Å². The van der Waals surface area contributed by atoms with Gasteiger partial charge in [-0.3, -0.25) is 0 Å². The van der Waals surface area contributed by atoms with Crippen LogP contribution in [-0.2, 0) is 0 Å². The van der Waals surface area contributed by atoms with Crippen molar-refractivity contribution >= 4 is 23.2 Å². The van der Waals surface area contributed by atoms with E-state index in [0.717, 1.165) is 29.8 Å². The highest BCUT2D eigenvalue weighted by Gasteiger charge is 2.28. The van der Waals surface area contributed by atoms with E-state index in [4.69, 9.17) is 27.9 Å². The number of hydrogen-bond donors (Lipinski definition) is 0. The second-order valence-electron chi connectivity index (χ2n) is 5.09. The minimum Gasteiger partial charge on any atom is -0.439 e. The van der Waals surface area contributed by atoms with Crippen molar-refractivity contribution in [2.24, 2.45) is 0 Å². The largest absolute Gasteiger partial charge is 0.439 e. The predicted octanol–water partition coefficient (Wildman–Crippen LogP) is 5.07. The molecular weight excluding hydrogens is 295 g/mol. The standard InChI is InChI=1S/C15H14Cl2N2O/c1-8-7-11(5-6-12(8)16)20-15-9(2)13(17)18-14(19-15)10-3-4-10/h5-7,10H,3-4H2,1-2H3. The monoisotopic (exact) mass is 308 g/mol. The van der Waals surface area contributed by atoms with Gasteiger partial charge in [0.05, 0.1) is 0 Å². The number of rotatable bonds is 3. The van der Waals surface area contributed by atoms with Crippen molar-refractivity contribution in [2.45, 2.75) is 32.6 Å². The second kappa shape index (κ2) is 5.23. The van der Waals surface area contributed by atoms with Crippen LogP contribution in [0.5, 0.6) is 11.6 Å². The predicted molar refractivity (Wildman–Crippen MR) is 80.0 cm³/mol. The summed E-state index contributed by atoms with van der Waals surface area (Å²) in [5, 5.41) is 1.18. The minimum absolute atomic E-state index is 0.433. The van der Waals surface area contributed by atoms with Crippen LogP contribution in [0.25, 0.3) is 0 Å². The van der Waals surface area contributed by atoms with Gasteiger partial charge >= 0.3 is 0 Å². The van der Waals surface area contributed by atoms with Crippen molar-refractivity contribution in [1.82, 2.24) is 9.97 Å². The molecule has 104 valence electrons. The van der Waals surface area contributed by atoms with E-state index in [-0.39, 0.29) is 0 Å². The molecule has 1 aromatic carbocycles. The molecule has 2 aromatic rings. The van der Waals surface area contributed by atoms with Crippen LogP contribution in [0, 0.1) is 13.8 Å². The highest BCUT2D eigenvalue weighted by atomic mass is 35.5. The van der Waals surface area contributed by atoms with E-state index in [1.54, 1.807) is 0 Å². The molecule has 0 unspecified atom stereocenters. The van der Waals surface area contributed by atoms with Crippen molar-refractivity contribution in [2.75, 3.05) is 0 Å². The number of aromatic nitrogens is 2. The lowest BCUT2D eigenvalue weighted by Crippen LogP contribution is -2.00. The van der Waals surface area contributed by atoms with Crippen LogP contribution >= 0.6 is 23.2 Å². The summed E-state index contributed by atoms with van der Waals surface area (Å²) in [6, 6.07) is 5.52. The summed E-state index contributed by atoms with van der Waals surface area (Å²) in [7, 11) is 0. The van der Waals surface area contributed by atoms with E-state index >= 15 is 0 Å². The molecule has 3 rings (SSSR count). The Bertz CT molecular complexity index is 669. The molecule has 0 N–H and O–H groups in total. The van der Waals surface area contributed by atoms with E-state index in [9.17, 15) is 0 Å². The smallest absolute Gasteiger partial charge is 0.226 e. The third-order valence-electron chi connectivity index (χ3n) is 3.35. The van der Waals surface area contributed by atoms with Crippen LogP contribution in [0.4, 0.5) is 0 Å².